The van der Waals surface area contributed by atoms with E-state index in [1.165, 1.54) is 0 Å². The predicted molar refractivity (Wildman–Crippen MR) is 39.7 cm³/mol. The molecule has 0 aromatic rings. The zero-order chi connectivity index (χ0) is 9.35. The number of halogens is 3. The molecule has 1 saturated heterocycles. The molecule has 1 N–H and O–H groups in total. The molecule has 0 spiro atoms. The van der Waals surface area contributed by atoms with Gasteiger partial charge in [0.25, 0.3) is 0 Å². The van der Waals surface area contributed by atoms with Crippen LogP contribution in [0.4, 0.5) is 13.2 Å². The monoisotopic (exact) mass is 182 g/mol. The van der Waals surface area contributed by atoms with E-state index in [4.69, 9.17) is 0 Å². The smallest absolute Gasteiger partial charge is 0.314 e. The van der Waals surface area contributed by atoms with Crippen molar-refractivity contribution >= 4 is 0 Å². The van der Waals surface area contributed by atoms with Gasteiger partial charge in [0.15, 0.2) is 0 Å². The molecular weight excluding hydrogens is 169 g/mol. The zero-order valence-corrected chi connectivity index (χ0v) is 7.15. The van der Waals surface area contributed by atoms with E-state index in [2.05, 4.69) is 5.32 Å². The van der Waals surface area contributed by atoms with Crippen LogP contribution in [0.5, 0.6) is 0 Å². The predicted octanol–water partition coefficient (Wildman–Crippen LogP) is 1.19. The lowest BCUT2D eigenvalue weighted by atomic mass is 10.1. The molecule has 0 radical (unpaired) electrons. The summed E-state index contributed by atoms with van der Waals surface area (Å²) < 4.78 is 37.0. The van der Waals surface area contributed by atoms with Crippen molar-refractivity contribution in [2.75, 3.05) is 13.1 Å². The third kappa shape index (κ3) is 1.90. The molecule has 0 bridgehead atoms. The van der Waals surface area contributed by atoms with Gasteiger partial charge in [-0.05, 0) is 13.8 Å². The summed E-state index contributed by atoms with van der Waals surface area (Å²) in [5, 5.41) is 2.94. The van der Waals surface area contributed by atoms with E-state index in [0.717, 1.165) is 0 Å². The van der Waals surface area contributed by atoms with E-state index in [9.17, 15) is 13.2 Å². The molecule has 2 nitrogen and oxygen atoms in total. The van der Waals surface area contributed by atoms with E-state index in [0.29, 0.717) is 18.0 Å². The van der Waals surface area contributed by atoms with E-state index in [1.807, 2.05) is 0 Å². The molecule has 2 atom stereocenters. The average Bonchev–Trinajstić information content (AvgIpc) is 1.82. The number of rotatable bonds is 0. The molecule has 5 heteroatoms. The Bertz CT molecular complexity index is 147. The summed E-state index contributed by atoms with van der Waals surface area (Å²) in [6, 6.07) is -0.928. The molecule has 0 aromatic carbocycles. The fourth-order valence-electron chi connectivity index (χ4n) is 1.63. The van der Waals surface area contributed by atoms with Crippen molar-refractivity contribution in [1.29, 1.82) is 0 Å². The standard InChI is InChI=1S/C7H13F3N2/c1-5-3-11-4-6(2)12(5)7(8,9)10/h5-6,11H,3-4H2,1-2H3. The van der Waals surface area contributed by atoms with Crippen LogP contribution in [0.15, 0.2) is 0 Å². The lowest BCUT2D eigenvalue weighted by Crippen LogP contribution is -2.60. The van der Waals surface area contributed by atoms with Crippen LogP contribution in [-0.2, 0) is 0 Å². The van der Waals surface area contributed by atoms with E-state index in [1.54, 1.807) is 13.8 Å². The quantitative estimate of drug-likeness (QED) is 0.566. The minimum atomic E-state index is -4.19. The first kappa shape index (κ1) is 9.80. The summed E-state index contributed by atoms with van der Waals surface area (Å²) in [6.07, 6.45) is -4.19. The number of nitrogens with one attached hydrogen (secondary N) is 1. The van der Waals surface area contributed by atoms with Crippen LogP contribution in [0.2, 0.25) is 0 Å². The maximum atomic E-state index is 12.3. The van der Waals surface area contributed by atoms with Gasteiger partial charge in [-0.1, -0.05) is 0 Å². The Morgan fingerprint density at radius 2 is 1.58 bits per heavy atom. The fourth-order valence-corrected chi connectivity index (χ4v) is 1.63. The maximum Gasteiger partial charge on any atom is 0.460 e. The van der Waals surface area contributed by atoms with Crippen molar-refractivity contribution < 1.29 is 13.2 Å². The van der Waals surface area contributed by atoms with Crippen molar-refractivity contribution in [3.8, 4) is 0 Å². The minimum absolute atomic E-state index is 0.407. The van der Waals surface area contributed by atoms with Crippen molar-refractivity contribution in [1.82, 2.24) is 10.2 Å². The van der Waals surface area contributed by atoms with Crippen molar-refractivity contribution in [3.63, 3.8) is 0 Å². The summed E-state index contributed by atoms with van der Waals surface area (Å²) in [7, 11) is 0. The third-order valence-corrected chi connectivity index (χ3v) is 2.12. The molecule has 12 heavy (non-hydrogen) atoms. The number of hydrogen-bond acceptors (Lipinski definition) is 2. The Morgan fingerprint density at radius 1 is 1.17 bits per heavy atom. The van der Waals surface area contributed by atoms with Gasteiger partial charge >= 0.3 is 6.30 Å². The Morgan fingerprint density at radius 3 is 1.83 bits per heavy atom. The van der Waals surface area contributed by atoms with E-state index in [-0.39, 0.29) is 0 Å². The minimum Gasteiger partial charge on any atom is -0.314 e. The number of alkyl halides is 3. The lowest BCUT2D eigenvalue weighted by Gasteiger charge is -2.39. The van der Waals surface area contributed by atoms with Gasteiger partial charge in [-0.15, -0.1) is 0 Å². The molecule has 1 heterocycles. The van der Waals surface area contributed by atoms with Gasteiger partial charge in [0.2, 0.25) is 0 Å². The summed E-state index contributed by atoms with van der Waals surface area (Å²) in [5.41, 5.74) is 0. The van der Waals surface area contributed by atoms with Crippen molar-refractivity contribution in [3.05, 3.63) is 0 Å². The highest BCUT2D eigenvalue weighted by Gasteiger charge is 2.44. The van der Waals surface area contributed by atoms with Crippen LogP contribution in [0.3, 0.4) is 0 Å². The Hall–Kier alpha value is -0.290. The molecule has 1 rings (SSSR count). The summed E-state index contributed by atoms with van der Waals surface area (Å²) in [6.45, 7) is 3.97. The number of nitrogens with zero attached hydrogens (tertiary/aromatic N) is 1. The highest BCUT2D eigenvalue weighted by Crippen LogP contribution is 2.27. The van der Waals surface area contributed by atoms with Crippen molar-refractivity contribution in [2.24, 2.45) is 0 Å². The molecule has 1 fully saturated rings. The van der Waals surface area contributed by atoms with Gasteiger partial charge in [0, 0.05) is 25.2 Å². The fraction of sp³-hybridized carbons (Fsp3) is 1.00. The normalized spacial score (nSPS) is 33.8. The summed E-state index contributed by atoms with van der Waals surface area (Å²) >= 11 is 0. The highest BCUT2D eigenvalue weighted by atomic mass is 19.4. The molecule has 1 aliphatic heterocycles. The molecular formula is C7H13F3N2. The number of piperazine rings is 1. The SMILES string of the molecule is CC1CNCC(C)N1C(F)(F)F. The van der Waals surface area contributed by atoms with Crippen LogP contribution < -0.4 is 5.32 Å². The van der Waals surface area contributed by atoms with Crippen LogP contribution in [-0.4, -0.2) is 36.4 Å². The van der Waals surface area contributed by atoms with Gasteiger partial charge in [-0.25, -0.2) is 4.90 Å². The van der Waals surface area contributed by atoms with E-state index >= 15 is 0 Å². The van der Waals surface area contributed by atoms with Gasteiger partial charge in [-0.2, -0.15) is 13.2 Å². The Kier molecular flexibility index (Phi) is 2.63. The highest BCUT2D eigenvalue weighted by molar-refractivity contribution is 4.83. The molecule has 0 saturated carbocycles. The van der Waals surface area contributed by atoms with Crippen LogP contribution in [0.25, 0.3) is 0 Å². The van der Waals surface area contributed by atoms with E-state index < -0.39 is 18.4 Å². The zero-order valence-electron chi connectivity index (χ0n) is 7.15. The van der Waals surface area contributed by atoms with Crippen LogP contribution in [0.1, 0.15) is 13.8 Å². The molecule has 0 aromatic heterocycles. The van der Waals surface area contributed by atoms with Gasteiger partial charge in [0.1, 0.15) is 0 Å². The second-order valence-electron chi connectivity index (χ2n) is 3.23. The lowest BCUT2D eigenvalue weighted by molar-refractivity contribution is -0.272. The molecule has 0 amide bonds. The van der Waals surface area contributed by atoms with Gasteiger partial charge < -0.3 is 5.32 Å². The summed E-state index contributed by atoms with van der Waals surface area (Å²) in [5.74, 6) is 0. The Labute approximate surface area is 69.7 Å². The Balaban J connectivity index is 2.69. The first-order valence-corrected chi connectivity index (χ1v) is 3.99. The van der Waals surface area contributed by atoms with Crippen molar-refractivity contribution in [2.45, 2.75) is 32.2 Å². The van der Waals surface area contributed by atoms with Gasteiger partial charge in [-0.3, -0.25) is 0 Å². The molecule has 2 unspecified atom stereocenters. The second kappa shape index (κ2) is 3.22. The summed E-state index contributed by atoms with van der Waals surface area (Å²) in [4.78, 5) is 0.601. The van der Waals surface area contributed by atoms with Gasteiger partial charge in [0.05, 0.1) is 0 Å². The largest absolute Gasteiger partial charge is 0.460 e. The van der Waals surface area contributed by atoms with Crippen LogP contribution >= 0.6 is 0 Å². The third-order valence-electron chi connectivity index (χ3n) is 2.12. The first-order chi connectivity index (χ1) is 5.43. The molecule has 72 valence electrons. The maximum absolute atomic E-state index is 12.3. The van der Waals surface area contributed by atoms with Crippen LogP contribution in [0, 0.1) is 0 Å². The number of hydrogen-bond donors (Lipinski definition) is 1. The molecule has 0 aliphatic carbocycles. The molecule has 1 aliphatic rings. The second-order valence-corrected chi connectivity index (χ2v) is 3.23. The first-order valence-electron chi connectivity index (χ1n) is 3.99. The average molecular weight is 182 g/mol. The topological polar surface area (TPSA) is 15.3 Å².